The van der Waals surface area contributed by atoms with Gasteiger partial charge in [-0.05, 0) is 37.3 Å². The molecule has 2 aromatic heterocycles. The molecule has 0 bridgehead atoms. The molecule has 12 heteroatoms. The van der Waals surface area contributed by atoms with E-state index in [9.17, 15) is 9.18 Å². The highest BCUT2D eigenvalue weighted by atomic mass is 19.1. The Kier molecular flexibility index (Phi) is 7.75. The van der Waals surface area contributed by atoms with E-state index in [0.717, 1.165) is 19.5 Å². The van der Waals surface area contributed by atoms with Crippen molar-refractivity contribution in [3.05, 3.63) is 48.2 Å². The van der Waals surface area contributed by atoms with Crippen LogP contribution in [-0.4, -0.2) is 94.8 Å². The van der Waals surface area contributed by atoms with Crippen LogP contribution in [0.2, 0.25) is 0 Å². The van der Waals surface area contributed by atoms with Gasteiger partial charge in [-0.2, -0.15) is 0 Å². The summed E-state index contributed by atoms with van der Waals surface area (Å²) in [5, 5.41) is 3.27. The van der Waals surface area contributed by atoms with Gasteiger partial charge in [-0.25, -0.2) is 19.3 Å². The van der Waals surface area contributed by atoms with E-state index in [2.05, 4.69) is 24.9 Å². The number of anilines is 1. The van der Waals surface area contributed by atoms with Crippen molar-refractivity contribution in [3.8, 4) is 22.6 Å². The molecule has 1 fully saturated rings. The lowest BCUT2D eigenvalue weighted by Gasteiger charge is -2.36. The van der Waals surface area contributed by atoms with Crippen LogP contribution in [0.25, 0.3) is 22.6 Å². The number of imidazole rings is 1. The third-order valence-corrected chi connectivity index (χ3v) is 6.56. The molecular weight excluding hydrogens is 503 g/mol. The molecule has 1 aromatic carbocycles. The molecule has 5 rings (SSSR count). The van der Waals surface area contributed by atoms with Crippen molar-refractivity contribution < 1.29 is 23.2 Å². The van der Waals surface area contributed by atoms with Crippen molar-refractivity contribution in [1.29, 1.82) is 0 Å². The topological polar surface area (TPSA) is 121 Å². The van der Waals surface area contributed by atoms with E-state index in [1.165, 1.54) is 17.0 Å². The van der Waals surface area contributed by atoms with E-state index < -0.39 is 11.7 Å². The number of rotatable bonds is 9. The van der Waals surface area contributed by atoms with Crippen molar-refractivity contribution in [2.24, 2.45) is 10.4 Å². The third kappa shape index (κ3) is 6.02. The molecule has 2 N–H and O–H groups in total. The molecular formula is C27H32FN8O3+. The summed E-state index contributed by atoms with van der Waals surface area (Å²) in [7, 11) is 3.42. The first-order valence-electron chi connectivity index (χ1n) is 12.8. The summed E-state index contributed by atoms with van der Waals surface area (Å²) in [5.74, 6) is 0.506. The minimum atomic E-state index is -0.799. The number of benzene rings is 1. The molecule has 0 saturated carbocycles. The van der Waals surface area contributed by atoms with Gasteiger partial charge in [-0.3, -0.25) is 9.37 Å². The summed E-state index contributed by atoms with van der Waals surface area (Å²) in [6, 6.07) is 7.87. The maximum Gasteiger partial charge on any atom is 0.281 e. The molecule has 39 heavy (non-hydrogen) atoms. The highest BCUT2D eigenvalue weighted by Crippen LogP contribution is 2.36. The van der Waals surface area contributed by atoms with Crippen LogP contribution >= 0.6 is 0 Å². The molecule has 2 aliphatic heterocycles. The first-order valence-corrected chi connectivity index (χ1v) is 12.8. The fourth-order valence-corrected chi connectivity index (χ4v) is 4.49. The predicted octanol–water partition coefficient (Wildman–Crippen LogP) is 2.74. The minimum absolute atomic E-state index is 0.0685. The first kappa shape index (κ1) is 26.6. The zero-order valence-electron chi connectivity index (χ0n) is 22.2. The number of ether oxygens (including phenoxy) is 2. The number of aliphatic imine (C=N–C) groups is 1. The van der Waals surface area contributed by atoms with E-state index >= 15 is 0 Å². The van der Waals surface area contributed by atoms with Gasteiger partial charge in [0.05, 0.1) is 42.3 Å². The second-order valence-corrected chi connectivity index (χ2v) is 10.1. The average molecular weight is 536 g/mol. The van der Waals surface area contributed by atoms with Gasteiger partial charge in [-0.15, -0.1) is 0 Å². The van der Waals surface area contributed by atoms with Crippen molar-refractivity contribution in [2.45, 2.75) is 19.6 Å². The number of amides is 1. The van der Waals surface area contributed by atoms with Crippen molar-refractivity contribution in [1.82, 2.24) is 24.8 Å². The van der Waals surface area contributed by atoms with E-state index in [4.69, 9.17) is 19.4 Å². The Labute approximate surface area is 225 Å². The number of halogens is 1. The number of aromatic nitrogens is 4. The van der Waals surface area contributed by atoms with Gasteiger partial charge < -0.3 is 24.7 Å². The summed E-state index contributed by atoms with van der Waals surface area (Å²) in [6.45, 7) is 4.58. The maximum absolute atomic E-state index is 13.7. The fourth-order valence-electron chi connectivity index (χ4n) is 4.49. The Balaban J connectivity index is 1.36. The van der Waals surface area contributed by atoms with Gasteiger partial charge >= 0.3 is 0 Å². The van der Waals surface area contributed by atoms with Crippen LogP contribution in [0, 0.1) is 11.2 Å². The van der Waals surface area contributed by atoms with Crippen LogP contribution in [0.15, 0.2) is 41.5 Å². The molecule has 1 saturated heterocycles. The van der Waals surface area contributed by atoms with Crippen molar-refractivity contribution in [3.63, 3.8) is 0 Å². The van der Waals surface area contributed by atoms with Crippen LogP contribution < -0.4 is 5.32 Å². The molecule has 1 amide bonds. The van der Waals surface area contributed by atoms with Crippen LogP contribution in [0.5, 0.6) is 0 Å². The summed E-state index contributed by atoms with van der Waals surface area (Å²) >= 11 is 0. The second kappa shape index (κ2) is 11.4. The standard InChI is InChI=1S/C27H32FN8O3/c1-27(25(37)35(2)3)15-38-24(39-16-27)23-33-21(18-5-7-19(28)8-6-18)22(34-23)20-9-11-31-26(32-20)30-10-4-13-36-14-12-29-17-36/h5-9,11-12,17,24H,4,10,13-16H2,1-3H3,(H,33,34)(H,30,31,32)/q+1. The maximum atomic E-state index is 13.7. The number of aromatic amines is 1. The molecule has 4 heterocycles. The van der Waals surface area contributed by atoms with Crippen molar-refractivity contribution in [2.75, 3.05) is 52.3 Å². The van der Waals surface area contributed by atoms with E-state index in [-0.39, 0.29) is 24.9 Å². The lowest BCUT2D eigenvalue weighted by Crippen LogP contribution is -2.48. The van der Waals surface area contributed by atoms with Gasteiger partial charge in [0.15, 0.2) is 12.0 Å². The average Bonchev–Trinajstić information content (AvgIpc) is 3.62. The fraction of sp³-hybridized carbons (Fsp3) is 0.407. The van der Waals surface area contributed by atoms with Gasteiger partial charge in [0, 0.05) is 38.8 Å². The third-order valence-electron chi connectivity index (χ3n) is 6.56. The molecule has 3 aromatic rings. The zero-order valence-corrected chi connectivity index (χ0v) is 22.2. The largest absolute Gasteiger partial charge is 0.354 e. The van der Waals surface area contributed by atoms with Crippen LogP contribution in [0.4, 0.5) is 10.3 Å². The number of hydrogen-bond donors (Lipinski definition) is 2. The summed E-state index contributed by atoms with van der Waals surface area (Å²) in [4.78, 5) is 35.3. The molecule has 0 radical (unpaired) electrons. The normalized spacial score (nSPS) is 20.6. The van der Waals surface area contributed by atoms with E-state index in [0.29, 0.717) is 41.0 Å². The Morgan fingerprint density at radius 2 is 1.97 bits per heavy atom. The van der Waals surface area contributed by atoms with Crippen LogP contribution in [-0.2, 0) is 14.3 Å². The van der Waals surface area contributed by atoms with Crippen LogP contribution in [0.1, 0.15) is 25.5 Å². The molecule has 0 aliphatic carbocycles. The lowest BCUT2D eigenvalue weighted by molar-refractivity contribution is -0.504. The monoisotopic (exact) mass is 535 g/mol. The van der Waals surface area contributed by atoms with Gasteiger partial charge in [0.2, 0.25) is 18.1 Å². The van der Waals surface area contributed by atoms with Crippen LogP contribution in [0.3, 0.4) is 0 Å². The molecule has 204 valence electrons. The molecule has 0 atom stereocenters. The number of H-pyrrole nitrogens is 1. The Hall–Kier alpha value is -4.03. The Bertz CT molecular complexity index is 1380. The summed E-state index contributed by atoms with van der Waals surface area (Å²) < 4.78 is 27.7. The quantitative estimate of drug-likeness (QED) is 0.319. The molecule has 0 spiro atoms. The molecule has 2 aliphatic rings. The number of nitrogens with zero attached hydrogens (tertiary/aromatic N) is 6. The smallest absolute Gasteiger partial charge is 0.281 e. The number of nitrogens with one attached hydrogen (secondary N) is 2. The van der Waals surface area contributed by atoms with Crippen molar-refractivity contribution >= 4 is 24.4 Å². The highest BCUT2D eigenvalue weighted by molar-refractivity contribution is 5.82. The second-order valence-electron chi connectivity index (χ2n) is 10.1. The number of hydrogen-bond acceptors (Lipinski definition) is 8. The first-order chi connectivity index (χ1) is 18.8. The molecule has 0 unspecified atom stereocenters. The Morgan fingerprint density at radius 3 is 2.67 bits per heavy atom. The molecule has 11 nitrogen and oxygen atoms in total. The number of carbonyl (C=O) groups excluding carboxylic acids is 1. The van der Waals surface area contributed by atoms with E-state index in [1.54, 1.807) is 38.5 Å². The van der Waals surface area contributed by atoms with Gasteiger partial charge in [0.1, 0.15) is 12.4 Å². The van der Waals surface area contributed by atoms with Gasteiger partial charge in [-0.1, -0.05) is 4.99 Å². The lowest BCUT2D eigenvalue weighted by atomic mass is 9.90. The predicted molar refractivity (Wildman–Crippen MR) is 144 cm³/mol. The summed E-state index contributed by atoms with van der Waals surface area (Å²) in [5.41, 5.74) is 1.71. The SMILES string of the molecule is CN(C)C(=O)C1(C)COC(c2nc(-c3ccc(F)cc3)c(-c3ccnc(NCCC[N+]4=CN=CC4)n3)[nH]2)OC1. The Morgan fingerprint density at radius 1 is 1.21 bits per heavy atom. The zero-order chi connectivity index (χ0) is 27.4. The minimum Gasteiger partial charge on any atom is -0.354 e. The van der Waals surface area contributed by atoms with Gasteiger partial charge in [0.25, 0.3) is 6.34 Å². The van der Waals surface area contributed by atoms with E-state index in [1.807, 2.05) is 19.5 Å². The summed E-state index contributed by atoms with van der Waals surface area (Å²) in [6.07, 6.45) is 5.49. The highest BCUT2D eigenvalue weighted by Gasteiger charge is 2.41. The number of carbonyl (C=O) groups is 1.